The van der Waals surface area contributed by atoms with Crippen LogP contribution in [0.3, 0.4) is 0 Å². The van der Waals surface area contributed by atoms with Gasteiger partial charge in [-0.25, -0.2) is 0 Å². The summed E-state index contributed by atoms with van der Waals surface area (Å²) in [6.07, 6.45) is 1.88. The molecule has 3 nitrogen and oxygen atoms in total. The molecule has 4 heteroatoms. The highest BCUT2D eigenvalue weighted by molar-refractivity contribution is 7.10. The molecule has 0 aliphatic rings. The van der Waals surface area contributed by atoms with Crippen LogP contribution in [0.5, 0.6) is 0 Å². The zero-order valence-corrected chi connectivity index (χ0v) is 12.8. The largest absolute Gasteiger partial charge is 0.346 e. The number of fused-ring (bicyclic) bond motifs is 1. The fourth-order valence-electron chi connectivity index (χ4n) is 2.44. The van der Waals surface area contributed by atoms with Gasteiger partial charge in [-0.1, -0.05) is 12.1 Å². The second-order valence-corrected chi connectivity index (χ2v) is 6.09. The molecule has 2 heterocycles. The highest BCUT2D eigenvalue weighted by atomic mass is 32.1. The predicted octanol–water partition coefficient (Wildman–Crippen LogP) is 3.16. The summed E-state index contributed by atoms with van der Waals surface area (Å²) in [7, 11) is 0. The lowest BCUT2D eigenvalue weighted by Crippen LogP contribution is -2.20. The van der Waals surface area contributed by atoms with Crippen LogP contribution in [0.4, 0.5) is 0 Å². The molecule has 0 saturated heterocycles. The molecule has 0 aliphatic heterocycles. The molecule has 1 aromatic carbocycles. The minimum Gasteiger partial charge on any atom is -0.346 e. The van der Waals surface area contributed by atoms with Crippen molar-refractivity contribution in [2.24, 2.45) is 0 Å². The number of rotatable bonds is 5. The molecule has 108 valence electrons. The first-order valence-corrected chi connectivity index (χ1v) is 7.95. The number of hydrogen-bond donors (Lipinski definition) is 1. The summed E-state index contributed by atoms with van der Waals surface area (Å²) in [5.41, 5.74) is 2.43. The van der Waals surface area contributed by atoms with E-state index in [0.717, 1.165) is 30.5 Å². The second-order valence-electron chi connectivity index (χ2n) is 5.09. The normalized spacial score (nSPS) is 11.1. The average molecular weight is 298 g/mol. The Morgan fingerprint density at radius 1 is 1.19 bits per heavy atom. The highest BCUT2D eigenvalue weighted by Gasteiger charge is 2.02. The Labute approximate surface area is 127 Å². The van der Waals surface area contributed by atoms with Gasteiger partial charge in [0, 0.05) is 42.2 Å². The van der Waals surface area contributed by atoms with E-state index in [-0.39, 0.29) is 5.43 Å². The van der Waals surface area contributed by atoms with E-state index in [1.54, 1.807) is 17.4 Å². The lowest BCUT2D eigenvalue weighted by molar-refractivity contribution is 0.609. The number of thiophene rings is 1. The second kappa shape index (κ2) is 6.24. The average Bonchev–Trinajstić information content (AvgIpc) is 2.91. The topological polar surface area (TPSA) is 34.0 Å². The number of para-hydroxylation sites is 1. The van der Waals surface area contributed by atoms with Gasteiger partial charge in [-0.2, -0.15) is 0 Å². The maximum atomic E-state index is 11.8. The first-order chi connectivity index (χ1) is 10.3. The van der Waals surface area contributed by atoms with Gasteiger partial charge in [0.15, 0.2) is 5.43 Å². The lowest BCUT2D eigenvalue weighted by Gasteiger charge is -2.11. The van der Waals surface area contributed by atoms with Gasteiger partial charge in [-0.05, 0) is 36.1 Å². The zero-order chi connectivity index (χ0) is 14.7. The van der Waals surface area contributed by atoms with Crippen molar-refractivity contribution < 1.29 is 0 Å². The molecule has 21 heavy (non-hydrogen) atoms. The van der Waals surface area contributed by atoms with Crippen LogP contribution in [0.2, 0.25) is 0 Å². The Hall–Kier alpha value is -1.91. The standard InChI is InChI=1S/C17H18N2OS/c1-13-7-11-21-17(13)12-18-8-10-19-9-6-16(20)14-4-2-3-5-15(14)19/h2-7,9,11,18H,8,10,12H2,1H3. The first-order valence-electron chi connectivity index (χ1n) is 7.07. The van der Waals surface area contributed by atoms with Crippen molar-refractivity contribution in [3.8, 4) is 0 Å². The Morgan fingerprint density at radius 3 is 2.86 bits per heavy atom. The summed E-state index contributed by atoms with van der Waals surface area (Å²) in [4.78, 5) is 13.2. The molecule has 0 unspecified atom stereocenters. The molecule has 3 aromatic rings. The lowest BCUT2D eigenvalue weighted by atomic mass is 10.2. The van der Waals surface area contributed by atoms with Crippen molar-refractivity contribution in [1.82, 2.24) is 9.88 Å². The fourth-order valence-corrected chi connectivity index (χ4v) is 3.32. The number of hydrogen-bond acceptors (Lipinski definition) is 3. The van der Waals surface area contributed by atoms with E-state index in [1.807, 2.05) is 30.5 Å². The van der Waals surface area contributed by atoms with Gasteiger partial charge in [-0.3, -0.25) is 4.79 Å². The maximum Gasteiger partial charge on any atom is 0.189 e. The van der Waals surface area contributed by atoms with Crippen molar-refractivity contribution in [1.29, 1.82) is 0 Å². The van der Waals surface area contributed by atoms with Crippen LogP contribution in [0.15, 0.2) is 52.8 Å². The number of aryl methyl sites for hydroxylation is 1. The number of nitrogens with one attached hydrogen (secondary N) is 1. The monoisotopic (exact) mass is 298 g/mol. The summed E-state index contributed by atoms with van der Waals surface area (Å²) >= 11 is 1.79. The Bertz CT molecular complexity index is 804. The van der Waals surface area contributed by atoms with E-state index in [2.05, 4.69) is 28.3 Å². The van der Waals surface area contributed by atoms with Crippen molar-refractivity contribution in [3.63, 3.8) is 0 Å². The number of benzene rings is 1. The van der Waals surface area contributed by atoms with Gasteiger partial charge < -0.3 is 9.88 Å². The van der Waals surface area contributed by atoms with Crippen molar-refractivity contribution in [2.75, 3.05) is 6.54 Å². The third-order valence-corrected chi connectivity index (χ3v) is 4.69. The van der Waals surface area contributed by atoms with Gasteiger partial charge >= 0.3 is 0 Å². The van der Waals surface area contributed by atoms with Crippen LogP contribution in [0.25, 0.3) is 10.9 Å². The Balaban J connectivity index is 1.67. The van der Waals surface area contributed by atoms with Gasteiger partial charge in [0.1, 0.15) is 0 Å². The van der Waals surface area contributed by atoms with Gasteiger partial charge in [-0.15, -0.1) is 11.3 Å². The molecule has 0 spiro atoms. The molecule has 0 saturated carbocycles. The summed E-state index contributed by atoms with van der Waals surface area (Å²) in [6, 6.07) is 11.6. The molecule has 1 N–H and O–H groups in total. The number of pyridine rings is 1. The van der Waals surface area contributed by atoms with Crippen molar-refractivity contribution in [3.05, 3.63) is 68.6 Å². The van der Waals surface area contributed by atoms with E-state index >= 15 is 0 Å². The summed E-state index contributed by atoms with van der Waals surface area (Å²) in [5.74, 6) is 0. The van der Waals surface area contributed by atoms with E-state index in [4.69, 9.17) is 0 Å². The smallest absolute Gasteiger partial charge is 0.189 e. The Morgan fingerprint density at radius 2 is 2.05 bits per heavy atom. The highest BCUT2D eigenvalue weighted by Crippen LogP contribution is 2.14. The fraction of sp³-hybridized carbons (Fsp3) is 0.235. The molecular weight excluding hydrogens is 280 g/mol. The van der Waals surface area contributed by atoms with E-state index in [9.17, 15) is 4.79 Å². The zero-order valence-electron chi connectivity index (χ0n) is 12.0. The van der Waals surface area contributed by atoms with Crippen molar-refractivity contribution in [2.45, 2.75) is 20.0 Å². The van der Waals surface area contributed by atoms with Gasteiger partial charge in [0.25, 0.3) is 0 Å². The van der Waals surface area contributed by atoms with E-state index < -0.39 is 0 Å². The molecule has 0 bridgehead atoms. The first kappa shape index (κ1) is 14.0. The van der Waals surface area contributed by atoms with Crippen LogP contribution in [0.1, 0.15) is 10.4 Å². The van der Waals surface area contributed by atoms with Crippen LogP contribution in [-0.4, -0.2) is 11.1 Å². The summed E-state index contributed by atoms with van der Waals surface area (Å²) in [5, 5.41) is 6.38. The van der Waals surface area contributed by atoms with Crippen molar-refractivity contribution >= 4 is 22.2 Å². The van der Waals surface area contributed by atoms with E-state index in [1.165, 1.54) is 10.4 Å². The van der Waals surface area contributed by atoms with Gasteiger partial charge in [0.2, 0.25) is 0 Å². The van der Waals surface area contributed by atoms with Crippen LogP contribution >= 0.6 is 11.3 Å². The molecular formula is C17H18N2OS. The molecule has 0 radical (unpaired) electrons. The minimum atomic E-state index is 0.0871. The van der Waals surface area contributed by atoms with E-state index in [0.29, 0.717) is 0 Å². The van der Waals surface area contributed by atoms with Crippen LogP contribution in [-0.2, 0) is 13.1 Å². The molecule has 0 fully saturated rings. The summed E-state index contributed by atoms with van der Waals surface area (Å²) in [6.45, 7) is 4.78. The maximum absolute atomic E-state index is 11.8. The number of nitrogens with zero attached hydrogens (tertiary/aromatic N) is 1. The summed E-state index contributed by atoms with van der Waals surface area (Å²) < 4.78 is 2.13. The molecule has 0 aliphatic carbocycles. The molecule has 3 rings (SSSR count). The third kappa shape index (κ3) is 3.06. The quantitative estimate of drug-likeness (QED) is 0.734. The SMILES string of the molecule is Cc1ccsc1CNCCn1ccc(=O)c2ccccc21. The van der Waals surface area contributed by atoms with Crippen LogP contribution in [0, 0.1) is 6.92 Å². The van der Waals surface area contributed by atoms with Gasteiger partial charge in [0.05, 0.1) is 5.52 Å². The number of aromatic nitrogens is 1. The molecule has 0 atom stereocenters. The molecule has 0 amide bonds. The minimum absolute atomic E-state index is 0.0871. The third-order valence-electron chi connectivity index (χ3n) is 3.67. The predicted molar refractivity (Wildman–Crippen MR) is 89.0 cm³/mol. The van der Waals surface area contributed by atoms with Crippen LogP contribution < -0.4 is 10.7 Å². The Kier molecular flexibility index (Phi) is 4.18. The molecule has 2 aromatic heterocycles.